The molecule has 2 amide bonds. The maximum atomic E-state index is 11.6. The molecule has 7 heteroatoms. The van der Waals surface area contributed by atoms with E-state index < -0.39 is 18.1 Å². The van der Waals surface area contributed by atoms with E-state index in [0.29, 0.717) is 0 Å². The Morgan fingerprint density at radius 3 is 2.29 bits per heavy atom. The molecule has 0 aliphatic heterocycles. The van der Waals surface area contributed by atoms with Crippen LogP contribution in [0.2, 0.25) is 0 Å². The summed E-state index contributed by atoms with van der Waals surface area (Å²) in [5, 5.41) is 2.46. The molecule has 0 aliphatic carbocycles. The molecule has 0 aromatic rings. The normalized spacial score (nSPS) is 11.0. The van der Waals surface area contributed by atoms with Crippen molar-refractivity contribution >= 4 is 18.0 Å². The zero-order chi connectivity index (χ0) is 16.3. The van der Waals surface area contributed by atoms with Crippen LogP contribution in [-0.4, -0.2) is 56.2 Å². The monoisotopic (exact) mass is 298 g/mol. The Morgan fingerprint density at radius 2 is 1.76 bits per heavy atom. The van der Waals surface area contributed by atoms with Crippen LogP contribution in [0.5, 0.6) is 0 Å². The lowest BCUT2D eigenvalue weighted by molar-refractivity contribution is -0.120. The van der Waals surface area contributed by atoms with E-state index in [0.717, 1.165) is 0 Å². The van der Waals surface area contributed by atoms with Gasteiger partial charge in [0.25, 0.3) is 0 Å². The van der Waals surface area contributed by atoms with Crippen LogP contribution in [0.25, 0.3) is 0 Å². The highest BCUT2D eigenvalue weighted by Gasteiger charge is 2.21. The molecule has 1 atom stereocenters. The fourth-order valence-corrected chi connectivity index (χ4v) is 1.37. The maximum Gasteiger partial charge on any atom is 0.409 e. The van der Waals surface area contributed by atoms with Crippen molar-refractivity contribution < 1.29 is 23.9 Å². The van der Waals surface area contributed by atoms with E-state index in [1.165, 1.54) is 31.0 Å². The van der Waals surface area contributed by atoms with Crippen molar-refractivity contribution in [2.24, 2.45) is 5.92 Å². The molecule has 0 rings (SSSR count). The molecule has 0 saturated heterocycles. The van der Waals surface area contributed by atoms with Gasteiger partial charge < -0.3 is 19.7 Å². The number of rotatable bonds is 9. The molecular weight excluding hydrogens is 276 g/mol. The van der Waals surface area contributed by atoms with E-state index in [-0.39, 0.29) is 32.1 Å². The third kappa shape index (κ3) is 8.46. The zero-order valence-electron chi connectivity index (χ0n) is 12.5. The smallest absolute Gasteiger partial charge is 0.409 e. The van der Waals surface area contributed by atoms with Crippen LogP contribution in [0.4, 0.5) is 9.59 Å². The topological polar surface area (TPSA) is 84.9 Å². The van der Waals surface area contributed by atoms with Crippen molar-refractivity contribution in [3.05, 3.63) is 25.3 Å². The minimum absolute atomic E-state index is 0.0738. The Hall–Kier alpha value is -2.31. The predicted octanol–water partition coefficient (Wildman–Crippen LogP) is 1.36. The van der Waals surface area contributed by atoms with E-state index in [4.69, 9.17) is 9.47 Å². The molecule has 0 bridgehead atoms. The first-order chi connectivity index (χ1) is 9.92. The average molecular weight is 298 g/mol. The Balaban J connectivity index is 4.32. The molecule has 0 aromatic carbocycles. The largest absolute Gasteiger partial charge is 0.445 e. The highest BCUT2D eigenvalue weighted by Crippen LogP contribution is 2.02. The van der Waals surface area contributed by atoms with Gasteiger partial charge in [-0.05, 0) is 6.92 Å². The summed E-state index contributed by atoms with van der Waals surface area (Å²) in [5.74, 6) is -0.690. The van der Waals surface area contributed by atoms with E-state index in [2.05, 4.69) is 18.5 Å². The summed E-state index contributed by atoms with van der Waals surface area (Å²) < 4.78 is 9.58. The lowest BCUT2D eigenvalue weighted by atomic mass is 10.1. The van der Waals surface area contributed by atoms with Gasteiger partial charge in [0, 0.05) is 20.1 Å². The van der Waals surface area contributed by atoms with Gasteiger partial charge in [0.1, 0.15) is 19.0 Å². The Kier molecular flexibility index (Phi) is 9.32. The van der Waals surface area contributed by atoms with Crippen molar-refractivity contribution in [2.45, 2.75) is 6.92 Å². The molecule has 21 heavy (non-hydrogen) atoms. The number of nitrogens with zero attached hydrogens (tertiary/aromatic N) is 1. The molecule has 0 fully saturated rings. The molecule has 1 N–H and O–H groups in total. The van der Waals surface area contributed by atoms with Gasteiger partial charge in [-0.1, -0.05) is 25.3 Å². The standard InChI is InChI=1S/C14H22N2O5/c1-5-7-20-13(18)15-9-12(11(3)17)10-16(4)14(19)21-8-6-2/h5-6,12H,1-2,7-10H2,3-4H3,(H,15,18)/t12-/m0/s1. The molecule has 0 heterocycles. The van der Waals surface area contributed by atoms with Crippen molar-refractivity contribution in [3.63, 3.8) is 0 Å². The molecule has 0 aliphatic rings. The first-order valence-electron chi connectivity index (χ1n) is 6.43. The van der Waals surface area contributed by atoms with Crippen molar-refractivity contribution in [3.8, 4) is 0 Å². The number of hydrogen-bond acceptors (Lipinski definition) is 5. The van der Waals surface area contributed by atoms with Crippen LogP contribution >= 0.6 is 0 Å². The van der Waals surface area contributed by atoms with E-state index in [1.807, 2.05) is 0 Å². The van der Waals surface area contributed by atoms with Crippen molar-refractivity contribution in [1.29, 1.82) is 0 Å². The number of ketones is 1. The second-order valence-electron chi connectivity index (χ2n) is 4.32. The maximum absolute atomic E-state index is 11.6. The highest BCUT2D eigenvalue weighted by atomic mass is 16.6. The minimum atomic E-state index is -0.641. The predicted molar refractivity (Wildman–Crippen MR) is 77.9 cm³/mol. The number of amides is 2. The van der Waals surface area contributed by atoms with Crippen molar-refractivity contribution in [1.82, 2.24) is 10.2 Å². The molecule has 0 radical (unpaired) electrons. The number of carbonyl (C=O) groups excluding carboxylic acids is 3. The fraction of sp³-hybridized carbons (Fsp3) is 0.500. The van der Waals surface area contributed by atoms with Gasteiger partial charge >= 0.3 is 12.2 Å². The lowest BCUT2D eigenvalue weighted by Crippen LogP contribution is -2.41. The Labute approximate surface area is 124 Å². The molecule has 0 aromatic heterocycles. The van der Waals surface area contributed by atoms with Crippen LogP contribution in [-0.2, 0) is 14.3 Å². The van der Waals surface area contributed by atoms with E-state index in [1.54, 1.807) is 0 Å². The quantitative estimate of drug-likeness (QED) is 0.650. The fourth-order valence-electron chi connectivity index (χ4n) is 1.37. The summed E-state index contributed by atoms with van der Waals surface area (Å²) in [6.45, 7) is 8.64. The van der Waals surface area contributed by atoms with Gasteiger partial charge in [0.2, 0.25) is 0 Å². The summed E-state index contributed by atoms with van der Waals surface area (Å²) in [5.41, 5.74) is 0. The second-order valence-corrected chi connectivity index (χ2v) is 4.32. The third-order valence-corrected chi connectivity index (χ3v) is 2.53. The van der Waals surface area contributed by atoms with Crippen LogP contribution in [0.15, 0.2) is 25.3 Å². The number of carbonyl (C=O) groups is 3. The number of hydrogen-bond donors (Lipinski definition) is 1. The lowest BCUT2D eigenvalue weighted by Gasteiger charge is -2.22. The molecule has 7 nitrogen and oxygen atoms in total. The average Bonchev–Trinajstić information content (AvgIpc) is 2.45. The van der Waals surface area contributed by atoms with Crippen LogP contribution in [0.3, 0.4) is 0 Å². The molecular formula is C14H22N2O5. The summed E-state index contributed by atoms with van der Waals surface area (Å²) >= 11 is 0. The van der Waals surface area contributed by atoms with Gasteiger partial charge in [-0.25, -0.2) is 9.59 Å². The van der Waals surface area contributed by atoms with E-state index in [9.17, 15) is 14.4 Å². The molecule has 0 unspecified atom stereocenters. The van der Waals surface area contributed by atoms with Crippen LogP contribution in [0, 0.1) is 5.92 Å². The molecule has 0 spiro atoms. The first-order valence-corrected chi connectivity index (χ1v) is 6.43. The van der Waals surface area contributed by atoms with Gasteiger partial charge in [0.05, 0.1) is 5.92 Å². The highest BCUT2D eigenvalue weighted by molar-refractivity contribution is 5.80. The first kappa shape index (κ1) is 18.7. The number of Topliss-reactive ketones (excluding diaryl/α,β-unsaturated/α-hetero) is 1. The van der Waals surface area contributed by atoms with Crippen molar-refractivity contribution in [2.75, 3.05) is 33.4 Å². The molecule has 118 valence electrons. The summed E-state index contributed by atoms with van der Waals surface area (Å²) in [4.78, 5) is 35.7. The minimum Gasteiger partial charge on any atom is -0.445 e. The van der Waals surface area contributed by atoms with Gasteiger partial charge in [-0.3, -0.25) is 4.79 Å². The second kappa shape index (κ2) is 10.5. The summed E-state index contributed by atoms with van der Waals surface area (Å²) in [6, 6.07) is 0. The van der Waals surface area contributed by atoms with Crippen LogP contribution in [0.1, 0.15) is 6.92 Å². The number of ether oxygens (including phenoxy) is 2. The third-order valence-electron chi connectivity index (χ3n) is 2.53. The number of alkyl carbamates (subject to hydrolysis) is 1. The van der Waals surface area contributed by atoms with Gasteiger partial charge in [-0.2, -0.15) is 0 Å². The SMILES string of the molecule is C=CCOC(=O)NC[C@@H](CN(C)C(=O)OCC=C)C(C)=O. The van der Waals surface area contributed by atoms with Gasteiger partial charge in [0.15, 0.2) is 0 Å². The Morgan fingerprint density at radius 1 is 1.19 bits per heavy atom. The zero-order valence-corrected chi connectivity index (χ0v) is 12.5. The summed E-state index contributed by atoms with van der Waals surface area (Å²) in [6.07, 6.45) is 1.69. The van der Waals surface area contributed by atoms with Gasteiger partial charge in [-0.15, -0.1) is 0 Å². The van der Waals surface area contributed by atoms with Crippen LogP contribution < -0.4 is 5.32 Å². The summed E-state index contributed by atoms with van der Waals surface area (Å²) in [7, 11) is 1.51. The number of nitrogens with one attached hydrogen (secondary N) is 1. The van der Waals surface area contributed by atoms with E-state index >= 15 is 0 Å². The Bertz CT molecular complexity index is 395. The molecule has 0 saturated carbocycles.